The molecule has 1 saturated carbocycles. The van der Waals surface area contributed by atoms with Crippen molar-refractivity contribution in [1.29, 1.82) is 0 Å². The van der Waals surface area contributed by atoms with E-state index in [2.05, 4.69) is 17.3 Å². The van der Waals surface area contributed by atoms with Crippen molar-refractivity contribution in [2.45, 2.75) is 32.1 Å². The summed E-state index contributed by atoms with van der Waals surface area (Å²) in [5.41, 5.74) is 2.24. The third kappa shape index (κ3) is 2.48. The zero-order valence-corrected chi connectivity index (χ0v) is 9.35. The zero-order valence-electron chi connectivity index (χ0n) is 9.35. The third-order valence-corrected chi connectivity index (χ3v) is 2.82. The summed E-state index contributed by atoms with van der Waals surface area (Å²) in [6.07, 6.45) is 3.12. The molecule has 0 spiro atoms. The van der Waals surface area contributed by atoms with Crippen LogP contribution >= 0.6 is 0 Å². The van der Waals surface area contributed by atoms with Gasteiger partial charge in [-0.25, -0.2) is 4.79 Å². The van der Waals surface area contributed by atoms with Crippen LogP contribution in [0.15, 0.2) is 35.5 Å². The minimum absolute atomic E-state index is 0.320. The Balaban J connectivity index is 2.15. The molecule has 0 N–H and O–H groups in total. The molecule has 1 atom stereocenters. The van der Waals surface area contributed by atoms with E-state index in [1.54, 1.807) is 0 Å². The lowest BCUT2D eigenvalue weighted by atomic mass is 9.97. The molecule has 0 radical (unpaired) electrons. The van der Waals surface area contributed by atoms with E-state index in [9.17, 15) is 4.79 Å². The Hall–Kier alpha value is -1.64. The van der Waals surface area contributed by atoms with E-state index in [0.29, 0.717) is 5.92 Å². The maximum absolute atomic E-state index is 10.7. The molecule has 1 aromatic carbocycles. The van der Waals surface area contributed by atoms with Crippen molar-refractivity contribution in [2.75, 3.05) is 0 Å². The normalized spacial score (nSPS) is 22.3. The Morgan fingerprint density at radius 1 is 1.38 bits per heavy atom. The molecule has 1 unspecified atom stereocenters. The smallest absolute Gasteiger partial charge is 0.319 e. The van der Waals surface area contributed by atoms with Gasteiger partial charge in [0.2, 0.25) is 0 Å². The minimum atomic E-state index is -0.355. The summed E-state index contributed by atoms with van der Waals surface area (Å²) >= 11 is 0. The van der Waals surface area contributed by atoms with E-state index in [-0.39, 0.29) is 5.97 Å². The first-order valence-corrected chi connectivity index (χ1v) is 5.56. The highest BCUT2D eigenvalue weighted by Gasteiger charge is 2.24. The Bertz CT molecular complexity index is 398. The molecule has 3 heteroatoms. The van der Waals surface area contributed by atoms with Gasteiger partial charge in [0.05, 0.1) is 5.71 Å². The second-order valence-corrected chi connectivity index (χ2v) is 4.02. The summed E-state index contributed by atoms with van der Waals surface area (Å²) in [6, 6.07) is 10.2. The van der Waals surface area contributed by atoms with E-state index in [4.69, 9.17) is 4.84 Å². The lowest BCUT2D eigenvalue weighted by Gasteiger charge is -2.10. The van der Waals surface area contributed by atoms with E-state index < -0.39 is 0 Å². The standard InChI is InChI=1S/C13H15NO2/c1-10(15)16-14-13-9-5-8-12(13)11-6-3-2-4-7-11/h2-4,6-7,12H,5,8-9H2,1H3/b14-13+. The molecule has 0 aliphatic heterocycles. The molecular formula is C13H15NO2. The van der Waals surface area contributed by atoms with Gasteiger partial charge in [0, 0.05) is 12.8 Å². The Labute approximate surface area is 95.1 Å². The average Bonchev–Trinajstić information content (AvgIpc) is 2.75. The minimum Gasteiger partial charge on any atom is -0.319 e. The maximum Gasteiger partial charge on any atom is 0.331 e. The van der Waals surface area contributed by atoms with Crippen molar-refractivity contribution < 1.29 is 9.63 Å². The number of hydrogen-bond acceptors (Lipinski definition) is 3. The number of carbonyl (C=O) groups is 1. The van der Waals surface area contributed by atoms with Crippen LogP contribution in [0.1, 0.15) is 37.7 Å². The molecule has 0 saturated heterocycles. The van der Waals surface area contributed by atoms with Crippen LogP contribution in [0, 0.1) is 0 Å². The lowest BCUT2D eigenvalue weighted by Crippen LogP contribution is -2.06. The van der Waals surface area contributed by atoms with Gasteiger partial charge in [0.1, 0.15) is 0 Å². The van der Waals surface area contributed by atoms with Crippen LogP contribution in [0.3, 0.4) is 0 Å². The van der Waals surface area contributed by atoms with Gasteiger partial charge in [-0.1, -0.05) is 35.5 Å². The second kappa shape index (κ2) is 4.92. The third-order valence-electron chi connectivity index (χ3n) is 2.82. The first-order valence-electron chi connectivity index (χ1n) is 5.56. The molecule has 0 aromatic heterocycles. The first kappa shape index (κ1) is 10.9. The van der Waals surface area contributed by atoms with Gasteiger partial charge in [-0.05, 0) is 24.8 Å². The Morgan fingerprint density at radius 3 is 2.81 bits per heavy atom. The molecule has 0 heterocycles. The molecule has 3 nitrogen and oxygen atoms in total. The van der Waals surface area contributed by atoms with Gasteiger partial charge in [-0.2, -0.15) is 0 Å². The zero-order chi connectivity index (χ0) is 11.4. The average molecular weight is 217 g/mol. The fraction of sp³-hybridized carbons (Fsp3) is 0.385. The highest BCUT2D eigenvalue weighted by Crippen LogP contribution is 2.32. The lowest BCUT2D eigenvalue weighted by molar-refractivity contribution is -0.140. The summed E-state index contributed by atoms with van der Waals surface area (Å²) < 4.78 is 0. The highest BCUT2D eigenvalue weighted by molar-refractivity contribution is 5.92. The molecule has 1 aromatic rings. The van der Waals surface area contributed by atoms with Crippen LogP contribution in [-0.2, 0) is 9.63 Å². The molecule has 0 amide bonds. The number of rotatable bonds is 2. The monoisotopic (exact) mass is 217 g/mol. The van der Waals surface area contributed by atoms with Crippen LogP contribution in [0.4, 0.5) is 0 Å². The van der Waals surface area contributed by atoms with E-state index >= 15 is 0 Å². The molecule has 1 aliphatic rings. The van der Waals surface area contributed by atoms with Gasteiger partial charge >= 0.3 is 5.97 Å². The predicted molar refractivity (Wildman–Crippen MR) is 62.2 cm³/mol. The molecule has 2 rings (SSSR count). The van der Waals surface area contributed by atoms with Crippen molar-refractivity contribution >= 4 is 11.7 Å². The number of oxime groups is 1. The fourth-order valence-corrected chi connectivity index (χ4v) is 2.10. The SMILES string of the molecule is CC(=O)O/N=C1\CCCC1c1ccccc1. The quantitative estimate of drug-likeness (QED) is 0.564. The maximum atomic E-state index is 10.7. The van der Waals surface area contributed by atoms with Crippen molar-refractivity contribution in [2.24, 2.45) is 5.16 Å². The van der Waals surface area contributed by atoms with Crippen molar-refractivity contribution in [3.8, 4) is 0 Å². The molecule has 84 valence electrons. The topological polar surface area (TPSA) is 38.7 Å². The van der Waals surface area contributed by atoms with Crippen molar-refractivity contribution in [1.82, 2.24) is 0 Å². The van der Waals surface area contributed by atoms with Gasteiger partial charge in [0.25, 0.3) is 0 Å². The molecule has 1 aliphatic carbocycles. The molecule has 1 fully saturated rings. The van der Waals surface area contributed by atoms with Gasteiger partial charge in [-0.3, -0.25) is 0 Å². The summed E-state index contributed by atoms with van der Waals surface area (Å²) in [5.74, 6) is -0.0354. The molecule has 0 bridgehead atoms. The summed E-state index contributed by atoms with van der Waals surface area (Å²) in [6.45, 7) is 1.37. The van der Waals surface area contributed by atoms with Crippen LogP contribution < -0.4 is 0 Å². The van der Waals surface area contributed by atoms with Gasteiger partial charge < -0.3 is 4.84 Å². The predicted octanol–water partition coefficient (Wildman–Crippen LogP) is 2.87. The Morgan fingerprint density at radius 2 is 2.12 bits per heavy atom. The van der Waals surface area contributed by atoms with Crippen LogP contribution in [0.2, 0.25) is 0 Å². The number of carbonyl (C=O) groups excluding carboxylic acids is 1. The van der Waals surface area contributed by atoms with Crippen LogP contribution in [-0.4, -0.2) is 11.7 Å². The van der Waals surface area contributed by atoms with Crippen LogP contribution in [0.5, 0.6) is 0 Å². The summed E-state index contributed by atoms with van der Waals surface area (Å²) in [4.78, 5) is 15.4. The molecular weight excluding hydrogens is 202 g/mol. The second-order valence-electron chi connectivity index (χ2n) is 4.02. The summed E-state index contributed by atoms with van der Waals surface area (Å²) in [7, 11) is 0. The number of nitrogens with zero attached hydrogens (tertiary/aromatic N) is 1. The van der Waals surface area contributed by atoms with Crippen molar-refractivity contribution in [3.63, 3.8) is 0 Å². The highest BCUT2D eigenvalue weighted by atomic mass is 16.7. The fourth-order valence-electron chi connectivity index (χ4n) is 2.10. The van der Waals surface area contributed by atoms with Gasteiger partial charge in [0.15, 0.2) is 0 Å². The van der Waals surface area contributed by atoms with Crippen LogP contribution in [0.25, 0.3) is 0 Å². The number of hydrogen-bond donors (Lipinski definition) is 0. The largest absolute Gasteiger partial charge is 0.331 e. The van der Waals surface area contributed by atoms with Gasteiger partial charge in [-0.15, -0.1) is 0 Å². The van der Waals surface area contributed by atoms with E-state index in [1.165, 1.54) is 12.5 Å². The van der Waals surface area contributed by atoms with Crippen molar-refractivity contribution in [3.05, 3.63) is 35.9 Å². The number of benzene rings is 1. The summed E-state index contributed by atoms with van der Waals surface area (Å²) in [5, 5.41) is 3.95. The Kier molecular flexibility index (Phi) is 3.34. The van der Waals surface area contributed by atoms with E-state index in [0.717, 1.165) is 25.0 Å². The first-order chi connectivity index (χ1) is 7.77. The molecule has 16 heavy (non-hydrogen) atoms. The van der Waals surface area contributed by atoms with E-state index in [1.807, 2.05) is 18.2 Å².